The predicted molar refractivity (Wildman–Crippen MR) is 123 cm³/mol. The standard InChI is InChI=1S/C27H23N2O/c1-16(2)18-10-12-20-19(15-18)13-14-29(5)25(20)24-17(3)9-11-22-21-7-6-8-23(28-4)26(21)30-27(22)24/h6-16H,1-3,5H3/q+1. The number of aryl methyl sites for hydroxylation is 2. The van der Waals surface area contributed by atoms with Gasteiger partial charge in [0.1, 0.15) is 18.2 Å². The first-order chi connectivity index (χ1) is 14.5. The Morgan fingerprint density at radius 2 is 1.70 bits per heavy atom. The first-order valence-corrected chi connectivity index (χ1v) is 10.2. The van der Waals surface area contributed by atoms with Gasteiger partial charge in [-0.3, -0.25) is 0 Å². The predicted octanol–water partition coefficient (Wildman–Crippen LogP) is 7.21. The number of pyridine rings is 1. The molecule has 0 N–H and O–H groups in total. The van der Waals surface area contributed by atoms with Crippen LogP contribution >= 0.6 is 0 Å². The van der Waals surface area contributed by atoms with Gasteiger partial charge < -0.3 is 4.42 Å². The zero-order chi connectivity index (χ0) is 21.0. The van der Waals surface area contributed by atoms with Crippen LogP contribution in [-0.4, -0.2) is 0 Å². The summed E-state index contributed by atoms with van der Waals surface area (Å²) in [4.78, 5) is 3.66. The van der Waals surface area contributed by atoms with Crippen molar-refractivity contribution >= 4 is 38.4 Å². The van der Waals surface area contributed by atoms with Gasteiger partial charge in [-0.15, -0.1) is 0 Å². The fourth-order valence-corrected chi connectivity index (χ4v) is 4.39. The number of furan rings is 1. The van der Waals surface area contributed by atoms with Crippen LogP contribution in [0.25, 0.3) is 48.8 Å². The topological polar surface area (TPSA) is 21.4 Å². The summed E-state index contributed by atoms with van der Waals surface area (Å²) in [5.74, 6) is 0.486. The number of nitrogens with zero attached hydrogens (tertiary/aromatic N) is 2. The lowest BCUT2D eigenvalue weighted by molar-refractivity contribution is -0.659. The average molecular weight is 391 g/mol. The van der Waals surface area contributed by atoms with Crippen LogP contribution in [0, 0.1) is 13.5 Å². The Bertz CT molecular complexity index is 1500. The van der Waals surface area contributed by atoms with Gasteiger partial charge in [-0.25, -0.2) is 9.41 Å². The second-order valence-electron chi connectivity index (χ2n) is 8.28. The molecule has 0 aliphatic heterocycles. The smallest absolute Gasteiger partial charge is 0.229 e. The van der Waals surface area contributed by atoms with Crippen molar-refractivity contribution in [2.45, 2.75) is 26.7 Å². The Kier molecular flexibility index (Phi) is 4.11. The molecule has 3 heteroatoms. The van der Waals surface area contributed by atoms with Gasteiger partial charge in [0.25, 0.3) is 0 Å². The number of fused-ring (bicyclic) bond motifs is 4. The molecule has 0 bridgehead atoms. The lowest BCUT2D eigenvalue weighted by Crippen LogP contribution is -2.30. The van der Waals surface area contributed by atoms with E-state index in [9.17, 15) is 0 Å². The summed E-state index contributed by atoms with van der Waals surface area (Å²) in [7, 11) is 2.08. The Labute approximate surface area is 176 Å². The zero-order valence-electron chi connectivity index (χ0n) is 17.7. The molecule has 30 heavy (non-hydrogen) atoms. The van der Waals surface area contributed by atoms with Gasteiger partial charge in [0.05, 0.1) is 17.5 Å². The van der Waals surface area contributed by atoms with E-state index in [2.05, 4.69) is 79.8 Å². The average Bonchev–Trinajstić information content (AvgIpc) is 3.12. The van der Waals surface area contributed by atoms with E-state index in [0.717, 1.165) is 33.2 Å². The summed E-state index contributed by atoms with van der Waals surface area (Å²) < 4.78 is 8.55. The summed E-state index contributed by atoms with van der Waals surface area (Å²) in [5.41, 5.74) is 6.77. The summed E-state index contributed by atoms with van der Waals surface area (Å²) in [6, 6.07) is 18.9. The normalized spacial score (nSPS) is 11.6. The minimum absolute atomic E-state index is 0.486. The van der Waals surface area contributed by atoms with E-state index in [1.807, 2.05) is 18.2 Å². The van der Waals surface area contributed by atoms with Gasteiger partial charge in [0.15, 0.2) is 6.20 Å². The number of hydrogen-bond donors (Lipinski definition) is 0. The molecule has 0 saturated heterocycles. The van der Waals surface area contributed by atoms with Crippen LogP contribution in [0.1, 0.15) is 30.9 Å². The molecule has 0 unspecified atom stereocenters. The van der Waals surface area contributed by atoms with Crippen LogP contribution < -0.4 is 4.57 Å². The van der Waals surface area contributed by atoms with E-state index in [0.29, 0.717) is 17.2 Å². The van der Waals surface area contributed by atoms with Gasteiger partial charge in [0, 0.05) is 16.8 Å². The number of hydrogen-bond acceptors (Lipinski definition) is 1. The highest BCUT2D eigenvalue weighted by atomic mass is 16.3. The lowest BCUT2D eigenvalue weighted by Gasteiger charge is -2.11. The fraction of sp³-hybridized carbons (Fsp3) is 0.185. The van der Waals surface area contributed by atoms with Crippen molar-refractivity contribution in [3.05, 3.63) is 83.3 Å². The van der Waals surface area contributed by atoms with Gasteiger partial charge >= 0.3 is 0 Å². The highest BCUT2D eigenvalue weighted by Gasteiger charge is 2.24. The molecule has 3 nitrogen and oxygen atoms in total. The minimum Gasteiger partial charge on any atom is -0.466 e. The molecule has 2 heterocycles. The third kappa shape index (κ3) is 2.61. The quantitative estimate of drug-likeness (QED) is 0.230. The van der Waals surface area contributed by atoms with Crippen LogP contribution in [-0.2, 0) is 7.05 Å². The van der Waals surface area contributed by atoms with Crippen molar-refractivity contribution in [3.8, 4) is 11.3 Å². The van der Waals surface area contributed by atoms with Gasteiger partial charge in [0.2, 0.25) is 11.4 Å². The minimum atomic E-state index is 0.486. The fourth-order valence-electron chi connectivity index (χ4n) is 4.39. The number of rotatable bonds is 2. The molecule has 0 spiro atoms. The molecule has 0 atom stereocenters. The molecule has 146 valence electrons. The number of benzene rings is 3. The number of aromatic nitrogens is 1. The Morgan fingerprint density at radius 3 is 2.47 bits per heavy atom. The molecular weight excluding hydrogens is 368 g/mol. The summed E-state index contributed by atoms with van der Waals surface area (Å²) >= 11 is 0. The first kappa shape index (κ1) is 18.4. The Hall–Kier alpha value is -3.64. The van der Waals surface area contributed by atoms with Crippen LogP contribution in [0.15, 0.2) is 65.2 Å². The monoisotopic (exact) mass is 391 g/mol. The zero-order valence-corrected chi connectivity index (χ0v) is 17.7. The first-order valence-electron chi connectivity index (χ1n) is 10.2. The van der Waals surface area contributed by atoms with E-state index in [-0.39, 0.29) is 0 Å². The molecule has 0 aliphatic carbocycles. The maximum absolute atomic E-state index is 7.52. The van der Waals surface area contributed by atoms with E-state index in [1.165, 1.54) is 16.3 Å². The van der Waals surface area contributed by atoms with Crippen LogP contribution in [0.2, 0.25) is 0 Å². The van der Waals surface area contributed by atoms with Crippen molar-refractivity contribution in [1.82, 2.24) is 0 Å². The highest BCUT2D eigenvalue weighted by Crippen LogP contribution is 2.41. The molecule has 2 aromatic heterocycles. The van der Waals surface area contributed by atoms with Crippen LogP contribution in [0.5, 0.6) is 0 Å². The molecule has 0 amide bonds. The molecule has 0 fully saturated rings. The maximum Gasteiger partial charge on any atom is 0.229 e. The van der Waals surface area contributed by atoms with Crippen molar-refractivity contribution in [3.63, 3.8) is 0 Å². The van der Waals surface area contributed by atoms with E-state index >= 15 is 0 Å². The largest absolute Gasteiger partial charge is 0.466 e. The third-order valence-corrected chi connectivity index (χ3v) is 6.04. The van der Waals surface area contributed by atoms with E-state index in [4.69, 9.17) is 11.0 Å². The summed E-state index contributed by atoms with van der Waals surface area (Å²) in [5, 5.41) is 4.46. The third-order valence-electron chi connectivity index (χ3n) is 6.04. The lowest BCUT2D eigenvalue weighted by atomic mass is 9.94. The molecular formula is C27H23N2O+. The van der Waals surface area contributed by atoms with Gasteiger partial charge in [-0.05, 0) is 35.4 Å². The van der Waals surface area contributed by atoms with Crippen molar-refractivity contribution in [2.24, 2.45) is 7.05 Å². The van der Waals surface area contributed by atoms with Gasteiger partial charge in [-0.1, -0.05) is 56.3 Å². The second kappa shape index (κ2) is 6.71. The molecule has 3 aromatic carbocycles. The molecule has 5 aromatic rings. The van der Waals surface area contributed by atoms with Crippen molar-refractivity contribution in [1.29, 1.82) is 0 Å². The Morgan fingerprint density at radius 1 is 0.933 bits per heavy atom. The van der Waals surface area contributed by atoms with Crippen LogP contribution in [0.4, 0.5) is 5.69 Å². The SMILES string of the molecule is [C-]#[N+]c1cccc2c1oc1c(-c3c4ccc(C(C)C)cc4cc[n+]3C)c(C)ccc12. The highest BCUT2D eigenvalue weighted by molar-refractivity contribution is 6.14. The molecule has 0 aliphatic rings. The Balaban J connectivity index is 1.92. The molecule has 5 rings (SSSR count). The summed E-state index contributed by atoms with van der Waals surface area (Å²) in [6.07, 6.45) is 2.12. The molecule has 0 radical (unpaired) electrons. The van der Waals surface area contributed by atoms with Gasteiger partial charge in [-0.2, -0.15) is 0 Å². The van der Waals surface area contributed by atoms with Crippen molar-refractivity contribution in [2.75, 3.05) is 0 Å². The van der Waals surface area contributed by atoms with Crippen LogP contribution in [0.3, 0.4) is 0 Å². The molecule has 0 saturated carbocycles. The summed E-state index contributed by atoms with van der Waals surface area (Å²) in [6.45, 7) is 14.1. The number of para-hydroxylation sites is 1. The maximum atomic E-state index is 7.52. The van der Waals surface area contributed by atoms with E-state index < -0.39 is 0 Å². The second-order valence-corrected chi connectivity index (χ2v) is 8.28. The van der Waals surface area contributed by atoms with E-state index in [1.54, 1.807) is 0 Å². The van der Waals surface area contributed by atoms with Crippen molar-refractivity contribution < 1.29 is 8.98 Å².